The lowest BCUT2D eigenvalue weighted by Crippen LogP contribution is -2.60. The zero-order valence-corrected chi connectivity index (χ0v) is 15.6. The zero-order chi connectivity index (χ0) is 18.2. The molecule has 3 aliphatic carbocycles. The fourth-order valence-corrected chi connectivity index (χ4v) is 5.44. The summed E-state index contributed by atoms with van der Waals surface area (Å²) in [4.78, 5) is 24.9. The van der Waals surface area contributed by atoms with E-state index in [1.54, 1.807) is 13.8 Å². The second kappa shape index (κ2) is 6.62. The van der Waals surface area contributed by atoms with E-state index in [9.17, 15) is 9.59 Å². The minimum atomic E-state index is -0.702. The summed E-state index contributed by atoms with van der Waals surface area (Å²) in [5.41, 5.74) is -0.599. The summed E-state index contributed by atoms with van der Waals surface area (Å²) in [7, 11) is 0. The van der Waals surface area contributed by atoms with E-state index in [0.717, 1.165) is 51.4 Å². The molecule has 0 amide bonds. The van der Waals surface area contributed by atoms with Crippen molar-refractivity contribution in [3.05, 3.63) is 24.3 Å². The number of hydrogen-bond donors (Lipinski definition) is 0. The van der Waals surface area contributed by atoms with Gasteiger partial charge in [-0.3, -0.25) is 0 Å². The van der Waals surface area contributed by atoms with Crippen LogP contribution in [0.5, 0.6) is 0 Å². The van der Waals surface area contributed by atoms with Crippen molar-refractivity contribution in [3.63, 3.8) is 0 Å². The van der Waals surface area contributed by atoms with Crippen LogP contribution >= 0.6 is 0 Å². The highest BCUT2D eigenvalue weighted by atomic mass is 16.6. The molecule has 0 aliphatic heterocycles. The highest BCUT2D eigenvalue weighted by Gasteiger charge is 2.69. The molecule has 0 saturated heterocycles. The number of hydrogen-bond acceptors (Lipinski definition) is 4. The Labute approximate surface area is 150 Å². The van der Waals surface area contributed by atoms with Crippen LogP contribution in [0.4, 0.5) is 0 Å². The summed E-state index contributed by atoms with van der Waals surface area (Å²) in [6, 6.07) is 0. The van der Waals surface area contributed by atoms with Gasteiger partial charge >= 0.3 is 11.9 Å². The van der Waals surface area contributed by atoms with E-state index in [-0.39, 0.29) is 17.9 Å². The van der Waals surface area contributed by atoms with E-state index >= 15 is 0 Å². The average molecular weight is 346 g/mol. The standard InChI is InChI=1S/C21H30O4/c1-14(2)18(22)24-20-11-7-8-12-21(20,25-19(23)15(3)4)17-10-6-5-9-16(17)13-20/h16-17H,1,3,5-13H2,2,4H3. The van der Waals surface area contributed by atoms with Crippen LogP contribution in [0, 0.1) is 11.8 Å². The van der Waals surface area contributed by atoms with Gasteiger partial charge in [-0.25, -0.2) is 9.59 Å². The van der Waals surface area contributed by atoms with Crippen LogP contribution in [-0.2, 0) is 19.1 Å². The summed E-state index contributed by atoms with van der Waals surface area (Å²) in [6.07, 6.45) is 8.87. The Kier molecular flexibility index (Phi) is 4.82. The van der Waals surface area contributed by atoms with Crippen LogP contribution in [0.15, 0.2) is 24.3 Å². The van der Waals surface area contributed by atoms with Gasteiger partial charge in [0, 0.05) is 17.1 Å². The molecule has 0 radical (unpaired) electrons. The van der Waals surface area contributed by atoms with Gasteiger partial charge in [0.2, 0.25) is 0 Å². The first kappa shape index (κ1) is 18.2. The minimum Gasteiger partial charge on any atom is -0.451 e. The second-order valence-corrected chi connectivity index (χ2v) is 8.29. The van der Waals surface area contributed by atoms with Crippen molar-refractivity contribution in [2.45, 2.75) is 82.8 Å². The Morgan fingerprint density at radius 3 is 2.16 bits per heavy atom. The van der Waals surface area contributed by atoms with Crippen molar-refractivity contribution >= 4 is 11.9 Å². The second-order valence-electron chi connectivity index (χ2n) is 8.29. The maximum absolute atomic E-state index is 12.5. The Morgan fingerprint density at radius 1 is 0.880 bits per heavy atom. The maximum Gasteiger partial charge on any atom is 0.333 e. The molecule has 3 aliphatic rings. The van der Waals surface area contributed by atoms with Crippen LogP contribution in [0.1, 0.15) is 71.6 Å². The monoisotopic (exact) mass is 346 g/mol. The van der Waals surface area contributed by atoms with Crippen LogP contribution in [0.3, 0.4) is 0 Å². The molecule has 0 N–H and O–H groups in total. The molecular weight excluding hydrogens is 316 g/mol. The average Bonchev–Trinajstić information content (AvgIpc) is 2.84. The molecule has 4 unspecified atom stereocenters. The van der Waals surface area contributed by atoms with Crippen molar-refractivity contribution in [1.82, 2.24) is 0 Å². The minimum absolute atomic E-state index is 0.280. The Bertz CT molecular complexity index is 607. The summed E-state index contributed by atoms with van der Waals surface area (Å²) < 4.78 is 12.3. The number of carbonyl (C=O) groups excluding carboxylic acids is 2. The third-order valence-corrected chi connectivity index (χ3v) is 6.51. The predicted molar refractivity (Wildman–Crippen MR) is 95.8 cm³/mol. The lowest BCUT2D eigenvalue weighted by atomic mass is 9.67. The summed E-state index contributed by atoms with van der Waals surface area (Å²) in [5, 5.41) is 0. The zero-order valence-electron chi connectivity index (χ0n) is 15.6. The quantitative estimate of drug-likeness (QED) is 0.556. The van der Waals surface area contributed by atoms with Gasteiger partial charge in [0.15, 0.2) is 11.2 Å². The molecule has 3 fully saturated rings. The van der Waals surface area contributed by atoms with Crippen molar-refractivity contribution in [1.29, 1.82) is 0 Å². The largest absolute Gasteiger partial charge is 0.451 e. The fraction of sp³-hybridized carbons (Fsp3) is 0.714. The number of esters is 2. The summed E-state index contributed by atoms with van der Waals surface area (Å²) in [6.45, 7) is 10.8. The van der Waals surface area contributed by atoms with Crippen LogP contribution in [0.2, 0.25) is 0 Å². The molecule has 4 atom stereocenters. The SMILES string of the molecule is C=C(C)C(=O)OC12CCCCC1(OC(=O)C(=C)C)C1CCCCC1C2. The van der Waals surface area contributed by atoms with Gasteiger partial charge in [-0.1, -0.05) is 26.0 Å². The molecule has 138 valence electrons. The van der Waals surface area contributed by atoms with E-state index in [1.807, 2.05) is 0 Å². The first-order chi connectivity index (χ1) is 11.8. The number of fused-ring (bicyclic) bond motifs is 3. The third-order valence-electron chi connectivity index (χ3n) is 6.51. The lowest BCUT2D eigenvalue weighted by molar-refractivity contribution is -0.222. The Hall–Kier alpha value is -1.58. The highest BCUT2D eigenvalue weighted by molar-refractivity contribution is 5.88. The van der Waals surface area contributed by atoms with Gasteiger partial charge in [0.05, 0.1) is 0 Å². The number of carbonyl (C=O) groups is 2. The van der Waals surface area contributed by atoms with Crippen molar-refractivity contribution < 1.29 is 19.1 Å². The maximum atomic E-state index is 12.5. The molecule has 3 saturated carbocycles. The third kappa shape index (κ3) is 2.94. The van der Waals surface area contributed by atoms with E-state index in [0.29, 0.717) is 17.1 Å². The molecule has 0 spiro atoms. The number of ether oxygens (including phenoxy) is 2. The van der Waals surface area contributed by atoms with Crippen LogP contribution < -0.4 is 0 Å². The Balaban J connectivity index is 2.03. The summed E-state index contributed by atoms with van der Waals surface area (Å²) in [5.74, 6) is 0.0191. The topological polar surface area (TPSA) is 52.6 Å². The van der Waals surface area contributed by atoms with Gasteiger partial charge in [-0.15, -0.1) is 0 Å². The van der Waals surface area contributed by atoms with Gasteiger partial charge < -0.3 is 9.47 Å². The molecular formula is C21H30O4. The fourth-order valence-electron chi connectivity index (χ4n) is 5.44. The van der Waals surface area contributed by atoms with E-state index < -0.39 is 11.2 Å². The molecule has 0 aromatic heterocycles. The van der Waals surface area contributed by atoms with Gasteiger partial charge in [-0.2, -0.15) is 0 Å². The molecule has 4 heteroatoms. The summed E-state index contributed by atoms with van der Waals surface area (Å²) >= 11 is 0. The van der Waals surface area contributed by atoms with Crippen LogP contribution in [-0.4, -0.2) is 23.1 Å². The van der Waals surface area contributed by atoms with Crippen LogP contribution in [0.25, 0.3) is 0 Å². The number of rotatable bonds is 4. The van der Waals surface area contributed by atoms with Crippen molar-refractivity contribution in [2.24, 2.45) is 11.8 Å². The van der Waals surface area contributed by atoms with Gasteiger partial charge in [-0.05, 0) is 64.7 Å². The van der Waals surface area contributed by atoms with E-state index in [1.165, 1.54) is 6.42 Å². The molecule has 0 aromatic rings. The predicted octanol–water partition coefficient (Wildman–Crippen LogP) is 4.49. The molecule has 0 aromatic carbocycles. The molecule has 0 heterocycles. The Morgan fingerprint density at radius 2 is 1.48 bits per heavy atom. The molecule has 25 heavy (non-hydrogen) atoms. The van der Waals surface area contributed by atoms with E-state index in [4.69, 9.17) is 9.47 Å². The van der Waals surface area contributed by atoms with Crippen molar-refractivity contribution in [3.8, 4) is 0 Å². The highest BCUT2D eigenvalue weighted by Crippen LogP contribution is 2.62. The normalized spacial score (nSPS) is 36.7. The lowest BCUT2D eigenvalue weighted by Gasteiger charge is -2.50. The first-order valence-electron chi connectivity index (χ1n) is 9.59. The van der Waals surface area contributed by atoms with Crippen molar-refractivity contribution in [2.75, 3.05) is 0 Å². The smallest absolute Gasteiger partial charge is 0.333 e. The first-order valence-corrected chi connectivity index (χ1v) is 9.59. The molecule has 0 bridgehead atoms. The van der Waals surface area contributed by atoms with Gasteiger partial charge in [0.25, 0.3) is 0 Å². The van der Waals surface area contributed by atoms with Gasteiger partial charge in [0.1, 0.15) is 0 Å². The molecule has 3 rings (SSSR count). The van der Waals surface area contributed by atoms with E-state index in [2.05, 4.69) is 13.2 Å². The molecule has 4 nitrogen and oxygen atoms in total.